The van der Waals surface area contributed by atoms with Crippen LogP contribution in [0.3, 0.4) is 0 Å². The number of nitrogens with zero attached hydrogens (tertiary/aromatic N) is 1. The fourth-order valence-corrected chi connectivity index (χ4v) is 3.64. The number of ether oxygens (including phenoxy) is 3. The van der Waals surface area contributed by atoms with Gasteiger partial charge in [-0.2, -0.15) is 0 Å². The number of carbonyl (C=O) groups excluding carboxylic acids is 1. The molecule has 1 aliphatic rings. The molecule has 1 fully saturated rings. The zero-order chi connectivity index (χ0) is 22.3. The molecule has 0 radical (unpaired) electrons. The summed E-state index contributed by atoms with van der Waals surface area (Å²) in [6.45, 7) is 4.11. The zero-order valence-corrected chi connectivity index (χ0v) is 18.4. The monoisotopic (exact) mass is 436 g/mol. The summed E-state index contributed by atoms with van der Waals surface area (Å²) in [4.78, 5) is 16.7. The molecule has 3 aromatic rings. The van der Waals surface area contributed by atoms with Crippen molar-refractivity contribution in [1.29, 1.82) is 0 Å². The minimum absolute atomic E-state index is 0.00677. The third-order valence-corrected chi connectivity index (χ3v) is 5.56. The maximum absolute atomic E-state index is 12.1. The summed E-state index contributed by atoms with van der Waals surface area (Å²) in [6.07, 6.45) is 1.98. The van der Waals surface area contributed by atoms with E-state index in [-0.39, 0.29) is 12.5 Å². The minimum Gasteiger partial charge on any atom is -0.497 e. The third kappa shape index (κ3) is 5.48. The average molecular weight is 437 g/mol. The van der Waals surface area contributed by atoms with Gasteiger partial charge in [0.1, 0.15) is 23.0 Å². The van der Waals surface area contributed by atoms with E-state index in [9.17, 15) is 4.79 Å². The molecule has 2 heterocycles. The number of hydrogen-bond acceptors (Lipinski definition) is 6. The number of oxazole rings is 1. The van der Waals surface area contributed by atoms with E-state index in [1.807, 2.05) is 55.5 Å². The molecule has 7 heteroatoms. The van der Waals surface area contributed by atoms with Gasteiger partial charge in [-0.15, -0.1) is 0 Å². The first-order valence-corrected chi connectivity index (χ1v) is 10.8. The molecule has 1 N–H and O–H groups in total. The van der Waals surface area contributed by atoms with Gasteiger partial charge in [-0.1, -0.05) is 0 Å². The Hall–Kier alpha value is -3.32. The lowest BCUT2D eigenvalue weighted by atomic mass is 10.0. The molecule has 0 aliphatic carbocycles. The Bertz CT molecular complexity index is 1020. The van der Waals surface area contributed by atoms with Crippen molar-refractivity contribution in [2.24, 2.45) is 5.92 Å². The standard InChI is InChI=1S/C25H28N2O5/c1-17-24(27-25(32-17)20-5-7-21(29-2)8-6-20)19-3-9-22(10-4-19)31-16-23(28)26-15-18-11-13-30-14-12-18/h3-10,18H,11-16H2,1-2H3,(H,26,28). The van der Waals surface area contributed by atoms with Crippen molar-refractivity contribution in [3.63, 3.8) is 0 Å². The van der Waals surface area contributed by atoms with Gasteiger partial charge in [-0.05, 0) is 74.2 Å². The van der Waals surface area contributed by atoms with E-state index in [2.05, 4.69) is 10.3 Å². The summed E-state index contributed by atoms with van der Waals surface area (Å²) in [6, 6.07) is 15.1. The highest BCUT2D eigenvalue weighted by Gasteiger charge is 2.16. The van der Waals surface area contributed by atoms with Gasteiger partial charge in [-0.3, -0.25) is 4.79 Å². The van der Waals surface area contributed by atoms with Crippen LogP contribution in [0.1, 0.15) is 18.6 Å². The molecule has 32 heavy (non-hydrogen) atoms. The van der Waals surface area contributed by atoms with E-state index in [1.165, 1.54) is 0 Å². The fraction of sp³-hybridized carbons (Fsp3) is 0.360. The highest BCUT2D eigenvalue weighted by molar-refractivity contribution is 5.77. The number of nitrogens with one attached hydrogen (secondary N) is 1. The number of benzene rings is 2. The number of carbonyl (C=O) groups is 1. The summed E-state index contributed by atoms with van der Waals surface area (Å²) in [7, 11) is 1.63. The average Bonchev–Trinajstić information content (AvgIpc) is 3.24. The minimum atomic E-state index is -0.114. The molecule has 4 rings (SSSR count). The molecule has 0 saturated carbocycles. The van der Waals surface area contributed by atoms with E-state index in [4.69, 9.17) is 18.6 Å². The van der Waals surface area contributed by atoms with Crippen LogP contribution in [0, 0.1) is 12.8 Å². The molecule has 0 bridgehead atoms. The Morgan fingerprint density at radius 3 is 2.38 bits per heavy atom. The molecule has 0 atom stereocenters. The lowest BCUT2D eigenvalue weighted by Crippen LogP contribution is -2.35. The molecular weight excluding hydrogens is 408 g/mol. The Morgan fingerprint density at radius 2 is 1.69 bits per heavy atom. The van der Waals surface area contributed by atoms with Crippen LogP contribution in [0.2, 0.25) is 0 Å². The predicted octanol–water partition coefficient (Wildman–Crippen LogP) is 4.25. The highest BCUT2D eigenvalue weighted by Crippen LogP contribution is 2.30. The first kappa shape index (κ1) is 21.9. The van der Waals surface area contributed by atoms with Crippen LogP contribution in [0.25, 0.3) is 22.7 Å². The lowest BCUT2D eigenvalue weighted by Gasteiger charge is -2.22. The lowest BCUT2D eigenvalue weighted by molar-refractivity contribution is -0.123. The molecular formula is C25H28N2O5. The van der Waals surface area contributed by atoms with Crippen molar-refractivity contribution in [1.82, 2.24) is 10.3 Å². The molecule has 1 amide bonds. The molecule has 0 unspecified atom stereocenters. The van der Waals surface area contributed by atoms with Crippen molar-refractivity contribution in [3.05, 3.63) is 54.3 Å². The number of hydrogen-bond donors (Lipinski definition) is 1. The first-order chi connectivity index (χ1) is 15.6. The van der Waals surface area contributed by atoms with Crippen LogP contribution in [0.5, 0.6) is 11.5 Å². The maximum Gasteiger partial charge on any atom is 0.257 e. The Labute approximate surface area is 187 Å². The van der Waals surface area contributed by atoms with Crippen LogP contribution in [0.15, 0.2) is 52.9 Å². The van der Waals surface area contributed by atoms with Gasteiger partial charge in [0.25, 0.3) is 5.91 Å². The van der Waals surface area contributed by atoms with Crippen LogP contribution in [-0.2, 0) is 9.53 Å². The number of methoxy groups -OCH3 is 1. The largest absolute Gasteiger partial charge is 0.497 e. The van der Waals surface area contributed by atoms with Crippen LogP contribution in [-0.4, -0.2) is 44.4 Å². The molecule has 1 saturated heterocycles. The summed E-state index contributed by atoms with van der Waals surface area (Å²) in [5.74, 6) is 3.08. The Balaban J connectivity index is 1.33. The highest BCUT2D eigenvalue weighted by atomic mass is 16.5. The normalized spacial score (nSPS) is 14.2. The summed E-state index contributed by atoms with van der Waals surface area (Å²) in [5.41, 5.74) is 2.57. The van der Waals surface area contributed by atoms with E-state index in [1.54, 1.807) is 7.11 Å². The number of aromatic nitrogens is 1. The van der Waals surface area contributed by atoms with Crippen LogP contribution >= 0.6 is 0 Å². The van der Waals surface area contributed by atoms with Gasteiger partial charge in [0.05, 0.1) is 7.11 Å². The quantitative estimate of drug-likeness (QED) is 0.569. The van der Waals surface area contributed by atoms with Gasteiger partial charge in [0, 0.05) is 30.9 Å². The maximum atomic E-state index is 12.1. The van der Waals surface area contributed by atoms with E-state index < -0.39 is 0 Å². The van der Waals surface area contributed by atoms with Crippen molar-refractivity contribution in [2.75, 3.05) is 33.5 Å². The number of rotatable bonds is 8. The van der Waals surface area contributed by atoms with Gasteiger partial charge in [0.2, 0.25) is 5.89 Å². The number of aryl methyl sites for hydroxylation is 1. The number of amides is 1. The van der Waals surface area contributed by atoms with E-state index >= 15 is 0 Å². The van der Waals surface area contributed by atoms with Crippen molar-refractivity contribution >= 4 is 5.91 Å². The summed E-state index contributed by atoms with van der Waals surface area (Å²) >= 11 is 0. The zero-order valence-electron chi connectivity index (χ0n) is 18.4. The third-order valence-electron chi connectivity index (χ3n) is 5.56. The SMILES string of the molecule is COc1ccc(-c2nc(-c3ccc(OCC(=O)NCC4CCOCC4)cc3)c(C)o2)cc1. The molecule has 1 aromatic heterocycles. The predicted molar refractivity (Wildman–Crippen MR) is 121 cm³/mol. The first-order valence-electron chi connectivity index (χ1n) is 10.8. The van der Waals surface area contributed by atoms with Crippen molar-refractivity contribution < 1.29 is 23.4 Å². The Kier molecular flexibility index (Phi) is 7.07. The fourth-order valence-electron chi connectivity index (χ4n) is 3.64. The smallest absolute Gasteiger partial charge is 0.257 e. The molecule has 7 nitrogen and oxygen atoms in total. The van der Waals surface area contributed by atoms with Crippen LogP contribution < -0.4 is 14.8 Å². The van der Waals surface area contributed by atoms with E-state index in [0.29, 0.717) is 24.1 Å². The van der Waals surface area contributed by atoms with Gasteiger partial charge < -0.3 is 23.9 Å². The topological polar surface area (TPSA) is 82.8 Å². The molecule has 2 aromatic carbocycles. The van der Waals surface area contributed by atoms with Crippen LogP contribution in [0.4, 0.5) is 0 Å². The second-order valence-corrected chi connectivity index (χ2v) is 7.83. The van der Waals surface area contributed by atoms with Crippen molar-refractivity contribution in [2.45, 2.75) is 19.8 Å². The van der Waals surface area contributed by atoms with Crippen molar-refractivity contribution in [3.8, 4) is 34.2 Å². The second-order valence-electron chi connectivity index (χ2n) is 7.83. The van der Waals surface area contributed by atoms with Gasteiger partial charge in [0.15, 0.2) is 6.61 Å². The van der Waals surface area contributed by atoms with Gasteiger partial charge in [-0.25, -0.2) is 4.98 Å². The Morgan fingerprint density at radius 1 is 1.03 bits per heavy atom. The molecule has 1 aliphatic heterocycles. The van der Waals surface area contributed by atoms with Gasteiger partial charge >= 0.3 is 0 Å². The van der Waals surface area contributed by atoms with E-state index in [0.717, 1.165) is 54.4 Å². The second kappa shape index (κ2) is 10.3. The summed E-state index contributed by atoms with van der Waals surface area (Å²) < 4.78 is 22.0. The molecule has 168 valence electrons. The molecule has 0 spiro atoms. The summed E-state index contributed by atoms with van der Waals surface area (Å²) in [5, 5.41) is 2.94.